The second-order valence-corrected chi connectivity index (χ2v) is 5.36. The van der Waals surface area contributed by atoms with Crippen LogP contribution in [0.25, 0.3) is 0 Å². The minimum absolute atomic E-state index is 0.133. The molecular formula is C10H19NO5S. The van der Waals surface area contributed by atoms with Crippen LogP contribution in [-0.4, -0.2) is 37.8 Å². The number of esters is 1. The van der Waals surface area contributed by atoms with E-state index in [0.717, 1.165) is 5.57 Å². The highest BCUT2D eigenvalue weighted by Crippen LogP contribution is 2.13. The van der Waals surface area contributed by atoms with E-state index in [1.807, 2.05) is 0 Å². The van der Waals surface area contributed by atoms with Crippen LogP contribution in [0.15, 0.2) is 11.1 Å². The predicted octanol–water partition coefficient (Wildman–Crippen LogP) is 0.493. The van der Waals surface area contributed by atoms with E-state index >= 15 is 0 Å². The quantitative estimate of drug-likeness (QED) is 0.394. The Kier molecular flexibility index (Phi) is 7.01. The molecule has 0 fully saturated rings. The third kappa shape index (κ3) is 7.89. The molecule has 0 saturated heterocycles. The zero-order valence-corrected chi connectivity index (χ0v) is 10.9. The van der Waals surface area contributed by atoms with E-state index in [9.17, 15) is 13.2 Å². The van der Waals surface area contributed by atoms with Crippen molar-refractivity contribution in [2.24, 2.45) is 5.73 Å². The van der Waals surface area contributed by atoms with E-state index in [-0.39, 0.29) is 31.7 Å². The van der Waals surface area contributed by atoms with Crippen LogP contribution in [0.4, 0.5) is 0 Å². The summed E-state index contributed by atoms with van der Waals surface area (Å²) in [5.74, 6) is -0.848. The van der Waals surface area contributed by atoms with Crippen molar-refractivity contribution in [3.05, 3.63) is 11.1 Å². The molecule has 0 saturated carbocycles. The fraction of sp³-hybridized carbons (Fsp3) is 0.700. The van der Waals surface area contributed by atoms with E-state index < -0.39 is 16.1 Å². The van der Waals surface area contributed by atoms with E-state index in [1.165, 1.54) is 0 Å². The van der Waals surface area contributed by atoms with Crippen molar-refractivity contribution in [3.63, 3.8) is 0 Å². The average molecular weight is 265 g/mol. The molecule has 6 nitrogen and oxygen atoms in total. The zero-order valence-electron chi connectivity index (χ0n) is 10.1. The zero-order chi connectivity index (χ0) is 13.5. The molecule has 0 unspecified atom stereocenters. The van der Waals surface area contributed by atoms with Gasteiger partial charge < -0.3 is 10.5 Å². The second kappa shape index (κ2) is 7.41. The number of hydrogen-bond acceptors (Lipinski definition) is 5. The summed E-state index contributed by atoms with van der Waals surface area (Å²) in [6, 6.07) is 0. The Morgan fingerprint density at radius 2 is 1.94 bits per heavy atom. The number of hydrogen-bond donors (Lipinski definition) is 2. The summed E-state index contributed by atoms with van der Waals surface area (Å²) in [6.07, 6.45) is 0.433. The monoisotopic (exact) mass is 265 g/mol. The number of allylic oxidation sites excluding steroid dienone is 1. The Hall–Kier alpha value is -0.920. The summed E-state index contributed by atoms with van der Waals surface area (Å²) >= 11 is 0. The van der Waals surface area contributed by atoms with Crippen molar-refractivity contribution >= 4 is 16.1 Å². The average Bonchev–Trinajstić information content (AvgIpc) is 2.19. The van der Waals surface area contributed by atoms with Gasteiger partial charge in [-0.15, -0.1) is 0 Å². The van der Waals surface area contributed by atoms with Crippen molar-refractivity contribution < 1.29 is 22.5 Å². The molecule has 0 amide bonds. The molecule has 0 atom stereocenters. The van der Waals surface area contributed by atoms with E-state index in [4.69, 9.17) is 15.0 Å². The van der Waals surface area contributed by atoms with E-state index in [1.54, 1.807) is 13.8 Å². The van der Waals surface area contributed by atoms with E-state index in [2.05, 4.69) is 0 Å². The van der Waals surface area contributed by atoms with Crippen LogP contribution in [0.3, 0.4) is 0 Å². The van der Waals surface area contributed by atoms with Crippen LogP contribution in [0.1, 0.15) is 26.7 Å². The summed E-state index contributed by atoms with van der Waals surface area (Å²) in [5, 5.41) is 0. The lowest BCUT2D eigenvalue weighted by Gasteiger charge is -2.09. The highest BCUT2D eigenvalue weighted by atomic mass is 32.2. The highest BCUT2D eigenvalue weighted by Gasteiger charge is 2.14. The first-order valence-electron chi connectivity index (χ1n) is 5.26. The van der Waals surface area contributed by atoms with Gasteiger partial charge in [-0.2, -0.15) is 8.42 Å². The second-order valence-electron chi connectivity index (χ2n) is 3.79. The fourth-order valence-corrected chi connectivity index (χ4v) is 1.74. The standard InChI is InChI=1S/C10H19NO5S/c1-8(2)9(10(12)16-6-5-11)4-3-7-17(13,14)15/h3-7,11H2,1-2H3,(H,13,14,15). The van der Waals surface area contributed by atoms with Gasteiger partial charge in [0.1, 0.15) is 6.61 Å². The molecule has 0 radical (unpaired) electrons. The molecule has 0 aliphatic heterocycles. The fourth-order valence-electron chi connectivity index (χ4n) is 1.23. The Bertz CT molecular complexity index is 382. The lowest BCUT2D eigenvalue weighted by atomic mass is 10.1. The first kappa shape index (κ1) is 16.1. The van der Waals surface area contributed by atoms with Gasteiger partial charge in [0.25, 0.3) is 10.1 Å². The third-order valence-corrected chi connectivity index (χ3v) is 2.83. The van der Waals surface area contributed by atoms with E-state index in [0.29, 0.717) is 5.57 Å². The maximum Gasteiger partial charge on any atom is 0.333 e. The Morgan fingerprint density at radius 1 is 1.35 bits per heavy atom. The summed E-state index contributed by atoms with van der Waals surface area (Å²) in [6.45, 7) is 3.86. The van der Waals surface area contributed by atoms with Gasteiger partial charge in [0.15, 0.2) is 0 Å². The molecule has 0 aromatic heterocycles. The van der Waals surface area contributed by atoms with Gasteiger partial charge in [-0.3, -0.25) is 4.55 Å². The maximum absolute atomic E-state index is 11.6. The third-order valence-electron chi connectivity index (χ3n) is 2.03. The number of carbonyl (C=O) groups is 1. The molecule has 7 heteroatoms. The lowest BCUT2D eigenvalue weighted by Crippen LogP contribution is -2.16. The summed E-state index contributed by atoms with van der Waals surface area (Å²) in [7, 11) is -3.98. The van der Waals surface area contributed by atoms with Gasteiger partial charge in [-0.05, 0) is 26.7 Å². The largest absolute Gasteiger partial charge is 0.461 e. The van der Waals surface area contributed by atoms with Gasteiger partial charge in [0.05, 0.1) is 5.75 Å². The van der Waals surface area contributed by atoms with Gasteiger partial charge in [-0.25, -0.2) is 4.79 Å². The molecule has 0 spiro atoms. The molecule has 0 aliphatic rings. The van der Waals surface area contributed by atoms with Gasteiger partial charge >= 0.3 is 5.97 Å². The Morgan fingerprint density at radius 3 is 2.35 bits per heavy atom. The van der Waals surface area contributed by atoms with Crippen molar-refractivity contribution in [1.29, 1.82) is 0 Å². The number of ether oxygens (including phenoxy) is 1. The molecule has 100 valence electrons. The van der Waals surface area contributed by atoms with Gasteiger partial charge in [-0.1, -0.05) is 5.57 Å². The Labute approximate surface area is 102 Å². The lowest BCUT2D eigenvalue weighted by molar-refractivity contribution is -0.139. The summed E-state index contributed by atoms with van der Waals surface area (Å²) in [5.41, 5.74) is 6.40. The van der Waals surface area contributed by atoms with Crippen molar-refractivity contribution in [1.82, 2.24) is 0 Å². The topological polar surface area (TPSA) is 107 Å². The molecule has 0 aromatic rings. The van der Waals surface area contributed by atoms with Gasteiger partial charge in [0, 0.05) is 12.1 Å². The normalized spacial score (nSPS) is 11.1. The molecule has 0 aliphatic carbocycles. The summed E-state index contributed by atoms with van der Waals surface area (Å²) < 4.78 is 34.5. The number of carbonyl (C=O) groups excluding carboxylic acids is 1. The van der Waals surface area contributed by atoms with Crippen molar-refractivity contribution in [2.45, 2.75) is 26.7 Å². The van der Waals surface area contributed by atoms with Crippen LogP contribution < -0.4 is 5.73 Å². The molecule has 3 N–H and O–H groups in total. The molecule has 0 bridgehead atoms. The molecule has 0 heterocycles. The predicted molar refractivity (Wildman–Crippen MR) is 64.0 cm³/mol. The van der Waals surface area contributed by atoms with Gasteiger partial charge in [0.2, 0.25) is 0 Å². The van der Waals surface area contributed by atoms with Crippen LogP contribution in [0, 0.1) is 0 Å². The summed E-state index contributed by atoms with van der Waals surface area (Å²) in [4.78, 5) is 11.6. The minimum Gasteiger partial charge on any atom is -0.461 e. The molecule has 0 rings (SSSR count). The smallest absolute Gasteiger partial charge is 0.333 e. The first-order chi connectivity index (χ1) is 7.78. The van der Waals surface area contributed by atoms with Crippen LogP contribution in [0.5, 0.6) is 0 Å². The first-order valence-corrected chi connectivity index (χ1v) is 6.87. The molecule has 17 heavy (non-hydrogen) atoms. The Balaban J connectivity index is 4.38. The highest BCUT2D eigenvalue weighted by molar-refractivity contribution is 7.85. The number of rotatable bonds is 7. The molecule has 0 aromatic carbocycles. The number of nitrogens with two attached hydrogens (primary N) is 1. The van der Waals surface area contributed by atoms with Crippen LogP contribution in [-0.2, 0) is 19.6 Å². The molecular weight excluding hydrogens is 246 g/mol. The maximum atomic E-state index is 11.6. The van der Waals surface area contributed by atoms with Crippen molar-refractivity contribution in [3.8, 4) is 0 Å². The van der Waals surface area contributed by atoms with Crippen LogP contribution in [0.2, 0.25) is 0 Å². The minimum atomic E-state index is -3.98. The van der Waals surface area contributed by atoms with Crippen LogP contribution >= 0.6 is 0 Å². The SMILES string of the molecule is CC(C)=C(CCCS(=O)(=O)O)C(=O)OCCN. The van der Waals surface area contributed by atoms with Crippen molar-refractivity contribution in [2.75, 3.05) is 18.9 Å².